The zero-order valence-electron chi connectivity index (χ0n) is 6.72. The molecule has 1 heteroatoms. The van der Waals surface area contributed by atoms with Gasteiger partial charge in [0, 0.05) is 6.04 Å². The number of hydrogen-bond donors (Lipinski definition) is 0. The first-order valence-corrected chi connectivity index (χ1v) is 3.96. The van der Waals surface area contributed by atoms with Crippen LogP contribution in [-0.2, 0) is 0 Å². The van der Waals surface area contributed by atoms with Crippen LogP contribution in [0.15, 0.2) is 0 Å². The van der Waals surface area contributed by atoms with Gasteiger partial charge in [-0.1, -0.05) is 6.92 Å². The van der Waals surface area contributed by atoms with E-state index in [-0.39, 0.29) is 0 Å². The van der Waals surface area contributed by atoms with E-state index in [1.165, 1.54) is 19.4 Å². The SMILES string of the molecule is CCN(C)[C@H](C)C1CC1. The summed E-state index contributed by atoms with van der Waals surface area (Å²) in [7, 11) is 2.21. The van der Waals surface area contributed by atoms with E-state index in [0.717, 1.165) is 12.0 Å². The predicted molar refractivity (Wildman–Crippen MR) is 40.5 cm³/mol. The van der Waals surface area contributed by atoms with E-state index < -0.39 is 0 Å². The van der Waals surface area contributed by atoms with Gasteiger partial charge >= 0.3 is 0 Å². The van der Waals surface area contributed by atoms with Gasteiger partial charge in [-0.15, -0.1) is 0 Å². The second-order valence-electron chi connectivity index (χ2n) is 3.15. The van der Waals surface area contributed by atoms with E-state index in [9.17, 15) is 0 Å². The van der Waals surface area contributed by atoms with Gasteiger partial charge < -0.3 is 4.90 Å². The first-order chi connectivity index (χ1) is 4.25. The molecule has 9 heavy (non-hydrogen) atoms. The summed E-state index contributed by atoms with van der Waals surface area (Å²) in [6.07, 6.45) is 2.93. The number of hydrogen-bond acceptors (Lipinski definition) is 1. The molecule has 0 bridgehead atoms. The quantitative estimate of drug-likeness (QED) is 0.558. The highest BCUT2D eigenvalue weighted by molar-refractivity contribution is 4.83. The van der Waals surface area contributed by atoms with Crippen molar-refractivity contribution in [3.05, 3.63) is 0 Å². The minimum Gasteiger partial charge on any atom is -0.304 e. The summed E-state index contributed by atoms with van der Waals surface area (Å²) < 4.78 is 0. The van der Waals surface area contributed by atoms with Crippen molar-refractivity contribution in [1.82, 2.24) is 4.90 Å². The summed E-state index contributed by atoms with van der Waals surface area (Å²) in [5, 5.41) is 0. The lowest BCUT2D eigenvalue weighted by Crippen LogP contribution is -2.30. The first kappa shape index (κ1) is 7.07. The molecule has 0 saturated heterocycles. The monoisotopic (exact) mass is 127 g/mol. The average molecular weight is 127 g/mol. The number of rotatable bonds is 3. The highest BCUT2D eigenvalue weighted by Gasteiger charge is 2.29. The van der Waals surface area contributed by atoms with E-state index in [1.54, 1.807) is 0 Å². The predicted octanol–water partition coefficient (Wildman–Crippen LogP) is 1.74. The Balaban J connectivity index is 2.22. The van der Waals surface area contributed by atoms with Gasteiger partial charge in [0.05, 0.1) is 0 Å². The fraction of sp³-hybridized carbons (Fsp3) is 1.00. The van der Waals surface area contributed by atoms with Crippen molar-refractivity contribution in [2.75, 3.05) is 13.6 Å². The highest BCUT2D eigenvalue weighted by Crippen LogP contribution is 2.34. The maximum absolute atomic E-state index is 2.43. The van der Waals surface area contributed by atoms with Crippen LogP contribution in [0.1, 0.15) is 26.7 Å². The second-order valence-corrected chi connectivity index (χ2v) is 3.15. The maximum Gasteiger partial charge on any atom is 0.00920 e. The Morgan fingerprint density at radius 3 is 2.44 bits per heavy atom. The van der Waals surface area contributed by atoms with Crippen molar-refractivity contribution in [3.63, 3.8) is 0 Å². The molecule has 0 aliphatic heterocycles. The molecule has 1 saturated carbocycles. The molecule has 1 nitrogen and oxygen atoms in total. The minimum absolute atomic E-state index is 0.829. The van der Waals surface area contributed by atoms with Crippen LogP contribution in [0.25, 0.3) is 0 Å². The van der Waals surface area contributed by atoms with Crippen LogP contribution in [0, 0.1) is 5.92 Å². The standard InChI is InChI=1S/C8H17N/c1-4-9(3)7(2)8-5-6-8/h7-8H,4-6H2,1-3H3/t7-/m1/s1. The van der Waals surface area contributed by atoms with Crippen LogP contribution in [0.3, 0.4) is 0 Å². The molecule has 1 aliphatic carbocycles. The van der Waals surface area contributed by atoms with E-state index in [4.69, 9.17) is 0 Å². The van der Waals surface area contributed by atoms with Crippen molar-refractivity contribution in [1.29, 1.82) is 0 Å². The molecule has 0 amide bonds. The molecular formula is C8H17N. The van der Waals surface area contributed by atoms with Crippen LogP contribution in [0.5, 0.6) is 0 Å². The molecule has 1 atom stereocenters. The molecule has 0 radical (unpaired) electrons. The first-order valence-electron chi connectivity index (χ1n) is 3.96. The van der Waals surface area contributed by atoms with E-state index in [1.807, 2.05) is 0 Å². The second kappa shape index (κ2) is 2.70. The summed E-state index contributed by atoms with van der Waals surface area (Å²) in [4.78, 5) is 2.43. The third kappa shape index (κ3) is 1.68. The molecule has 0 unspecified atom stereocenters. The normalized spacial score (nSPS) is 22.7. The van der Waals surface area contributed by atoms with Crippen LogP contribution in [0.4, 0.5) is 0 Å². The van der Waals surface area contributed by atoms with Crippen LogP contribution >= 0.6 is 0 Å². The van der Waals surface area contributed by atoms with E-state index >= 15 is 0 Å². The molecule has 54 valence electrons. The van der Waals surface area contributed by atoms with Crippen molar-refractivity contribution >= 4 is 0 Å². The van der Waals surface area contributed by atoms with Gasteiger partial charge in [-0.2, -0.15) is 0 Å². The molecule has 0 heterocycles. The lowest BCUT2D eigenvalue weighted by atomic mass is 10.2. The minimum atomic E-state index is 0.829. The summed E-state index contributed by atoms with van der Waals surface area (Å²) in [5.74, 6) is 1.02. The smallest absolute Gasteiger partial charge is 0.00920 e. The van der Waals surface area contributed by atoms with E-state index in [2.05, 4.69) is 25.8 Å². The fourth-order valence-electron chi connectivity index (χ4n) is 1.23. The summed E-state index contributed by atoms with van der Waals surface area (Å²) in [6, 6.07) is 0.829. The third-order valence-corrected chi connectivity index (χ3v) is 2.50. The Hall–Kier alpha value is -0.0400. The van der Waals surface area contributed by atoms with Gasteiger partial charge in [-0.3, -0.25) is 0 Å². The molecular weight excluding hydrogens is 110 g/mol. The molecule has 1 rings (SSSR count). The Labute approximate surface area is 58.0 Å². The average Bonchev–Trinajstić information content (AvgIpc) is 2.66. The lowest BCUT2D eigenvalue weighted by molar-refractivity contribution is 0.246. The molecule has 1 aliphatic rings. The van der Waals surface area contributed by atoms with Gasteiger partial charge in [-0.05, 0) is 39.3 Å². The lowest BCUT2D eigenvalue weighted by Gasteiger charge is -2.22. The molecule has 0 aromatic carbocycles. The molecule has 0 spiro atoms. The zero-order valence-corrected chi connectivity index (χ0v) is 6.72. The van der Waals surface area contributed by atoms with Crippen molar-refractivity contribution in [2.24, 2.45) is 5.92 Å². The highest BCUT2D eigenvalue weighted by atomic mass is 15.1. The largest absolute Gasteiger partial charge is 0.304 e. The van der Waals surface area contributed by atoms with Crippen molar-refractivity contribution < 1.29 is 0 Å². The van der Waals surface area contributed by atoms with Gasteiger partial charge in [0.15, 0.2) is 0 Å². The topological polar surface area (TPSA) is 3.24 Å². The number of nitrogens with zero attached hydrogens (tertiary/aromatic N) is 1. The zero-order chi connectivity index (χ0) is 6.85. The maximum atomic E-state index is 2.43. The Bertz CT molecular complexity index is 86.6. The molecule has 1 fully saturated rings. The van der Waals surface area contributed by atoms with Crippen LogP contribution in [0.2, 0.25) is 0 Å². The third-order valence-electron chi connectivity index (χ3n) is 2.50. The molecule has 0 aromatic rings. The Morgan fingerprint density at radius 2 is 2.11 bits per heavy atom. The summed E-state index contributed by atoms with van der Waals surface area (Å²) in [5.41, 5.74) is 0. The van der Waals surface area contributed by atoms with Gasteiger partial charge in [0.2, 0.25) is 0 Å². The van der Waals surface area contributed by atoms with Crippen LogP contribution < -0.4 is 0 Å². The summed E-state index contributed by atoms with van der Waals surface area (Å²) >= 11 is 0. The van der Waals surface area contributed by atoms with Crippen molar-refractivity contribution in [2.45, 2.75) is 32.7 Å². The van der Waals surface area contributed by atoms with Gasteiger partial charge in [0.25, 0.3) is 0 Å². The van der Waals surface area contributed by atoms with Gasteiger partial charge in [-0.25, -0.2) is 0 Å². The van der Waals surface area contributed by atoms with Crippen LogP contribution in [-0.4, -0.2) is 24.5 Å². The Morgan fingerprint density at radius 1 is 1.56 bits per heavy atom. The van der Waals surface area contributed by atoms with E-state index in [0.29, 0.717) is 0 Å². The van der Waals surface area contributed by atoms with Crippen molar-refractivity contribution in [3.8, 4) is 0 Å². The molecule has 0 aromatic heterocycles. The molecule has 0 N–H and O–H groups in total. The Kier molecular flexibility index (Phi) is 2.12. The summed E-state index contributed by atoms with van der Waals surface area (Å²) in [6.45, 7) is 5.75. The fourth-order valence-corrected chi connectivity index (χ4v) is 1.23. The van der Waals surface area contributed by atoms with Gasteiger partial charge in [0.1, 0.15) is 0 Å².